The summed E-state index contributed by atoms with van der Waals surface area (Å²) in [5, 5.41) is 27.5. The van der Waals surface area contributed by atoms with Crippen molar-refractivity contribution < 1.29 is 81.3 Å². The summed E-state index contributed by atoms with van der Waals surface area (Å²) in [6.45, 7) is 13.7. The average Bonchev–Trinajstić information content (AvgIpc) is 4.01. The van der Waals surface area contributed by atoms with E-state index in [1.54, 1.807) is 21.3 Å². The van der Waals surface area contributed by atoms with Gasteiger partial charge in [0.1, 0.15) is 6.10 Å². The van der Waals surface area contributed by atoms with E-state index in [1.807, 2.05) is 0 Å². The summed E-state index contributed by atoms with van der Waals surface area (Å²) in [7, 11) is 3.33. The topological polar surface area (TPSA) is 88.4 Å². The van der Waals surface area contributed by atoms with Crippen LogP contribution in [0.25, 0.3) is 0 Å². The smallest absolute Gasteiger partial charge is 0.424 e. The van der Waals surface area contributed by atoms with E-state index >= 15 is 0 Å². The summed E-state index contributed by atoms with van der Waals surface area (Å²) in [5.41, 5.74) is -7.06. The van der Waals surface area contributed by atoms with Crippen LogP contribution in [0.15, 0.2) is 0 Å². The zero-order chi connectivity index (χ0) is 48.2. The summed E-state index contributed by atoms with van der Waals surface area (Å²) in [5.74, 6) is 1.84. The van der Waals surface area contributed by atoms with Crippen molar-refractivity contribution in [1.29, 1.82) is 0 Å². The zero-order valence-electron chi connectivity index (χ0n) is 38.2. The van der Waals surface area contributed by atoms with Crippen LogP contribution in [0.2, 0.25) is 39.3 Å². The number of aliphatic hydroxyl groups is 3. The Bertz CT molecular complexity index is 1220. The molecule has 0 aromatic rings. The van der Waals surface area contributed by atoms with Gasteiger partial charge in [-0.05, 0) is 177 Å². The maximum Gasteiger partial charge on any atom is 0.426 e. The molecule has 6 nitrogen and oxygen atoms in total. The molecule has 0 heterocycles. The van der Waals surface area contributed by atoms with E-state index < -0.39 is 81.5 Å². The number of rotatable bonds is 9. The highest BCUT2D eigenvalue weighted by atomic mass is 28.3. The van der Waals surface area contributed by atoms with Crippen molar-refractivity contribution in [3.8, 4) is 0 Å². The van der Waals surface area contributed by atoms with Crippen LogP contribution < -0.4 is 0 Å². The van der Waals surface area contributed by atoms with Crippen LogP contribution in [0.4, 0.5) is 52.7 Å². The molecule has 6 rings (SSSR count). The molecule has 0 aromatic heterocycles. The molecule has 3 N–H and O–H groups in total. The first-order chi connectivity index (χ1) is 28.1. The van der Waals surface area contributed by atoms with Crippen LogP contribution in [-0.2, 0) is 13.3 Å². The number of aliphatic hydroxyl groups excluding tert-OH is 1. The first kappa shape index (κ1) is 79.0. The molecule has 0 aliphatic heterocycles. The standard InChI is InChI=1S/C11H14F6O.C11H17F3O.C10H15F3O.3C3H10OSi.6CH4/c12-10(13,14)9(18,11(15,16)17)5-8-4-6-1-2-7(8)3-6;1-10(15,11(12,13)14)6-9-5-7-2-3-8(9)4-7;11-10(12,13)9(14)5-8-4-6-1-2-7(8)3-6;3*1-4-5(2)3;;;;;;/h6-8,18H,1-5H2;7-9,15H,2-6H2,1H3;6-9,14H,1-5H2;3*5H,1-3H3;6*1H4. The minimum absolute atomic E-state index is 0. The third-order valence-corrected chi connectivity index (χ3v) is 16.6. The van der Waals surface area contributed by atoms with Crippen LogP contribution in [-0.4, -0.2) is 106 Å². The van der Waals surface area contributed by atoms with Crippen molar-refractivity contribution in [1.82, 2.24) is 0 Å². The molecule has 0 amide bonds. The Kier molecular flexibility index (Phi) is 38.8. The molecule has 6 aliphatic rings. The van der Waals surface area contributed by atoms with Gasteiger partial charge in [-0.25, -0.2) is 0 Å². The van der Waals surface area contributed by atoms with Gasteiger partial charge in [0.2, 0.25) is 0 Å². The SMILES string of the molecule is C.C.C.C.C.C.CC(O)(CC1CC2CCC1C2)C(F)(F)F.CO[SiH](C)C.CO[SiH](C)C.CO[SiH](C)C.OC(CC1CC2CCC1C2)(C(F)(F)F)C(F)(F)F.OC(CC1CC2CCC1C2)C(F)(F)F. The van der Waals surface area contributed by atoms with E-state index in [-0.39, 0.29) is 81.1 Å². The summed E-state index contributed by atoms with van der Waals surface area (Å²) in [6, 6.07) is 0. The van der Waals surface area contributed by atoms with Crippen LogP contribution >= 0.6 is 0 Å². The molecule has 6 saturated carbocycles. The molecule has 6 aliphatic carbocycles. The van der Waals surface area contributed by atoms with Gasteiger partial charge in [0.05, 0.1) is 0 Å². The van der Waals surface area contributed by atoms with Gasteiger partial charge in [0.15, 0.2) is 32.7 Å². The third-order valence-electron chi connectivity index (χ3n) is 13.7. The molecule has 0 spiro atoms. The van der Waals surface area contributed by atoms with E-state index in [0.29, 0.717) is 42.9 Å². The highest BCUT2D eigenvalue weighted by Gasteiger charge is 2.71. The number of fused-ring (bicyclic) bond motifs is 6. The fourth-order valence-corrected chi connectivity index (χ4v) is 9.74. The summed E-state index contributed by atoms with van der Waals surface area (Å²) >= 11 is 0. The Balaban J connectivity index is -0.000000178. The van der Waals surface area contributed by atoms with Crippen LogP contribution in [0, 0.1) is 53.3 Å². The fraction of sp³-hybridized carbons (Fsp3) is 1.00. The number of hydrogen-bond donors (Lipinski definition) is 3. The van der Waals surface area contributed by atoms with Crippen molar-refractivity contribution in [3.05, 3.63) is 0 Å². The Morgan fingerprint density at radius 1 is 0.456 bits per heavy atom. The van der Waals surface area contributed by atoms with Gasteiger partial charge >= 0.3 is 24.7 Å². The Morgan fingerprint density at radius 3 is 0.912 bits per heavy atom. The molecule has 0 aromatic carbocycles. The predicted molar refractivity (Wildman–Crippen MR) is 265 cm³/mol. The molecule has 0 radical (unpaired) electrons. The van der Waals surface area contributed by atoms with Gasteiger partial charge in [0, 0.05) is 21.3 Å². The summed E-state index contributed by atoms with van der Waals surface area (Å²) < 4.78 is 164. The third kappa shape index (κ3) is 25.5. The molecule has 6 fully saturated rings. The van der Waals surface area contributed by atoms with Crippen molar-refractivity contribution in [3.63, 3.8) is 0 Å². The van der Waals surface area contributed by atoms with E-state index in [9.17, 15) is 57.8 Å². The van der Waals surface area contributed by atoms with Gasteiger partial charge in [-0.15, -0.1) is 0 Å². The van der Waals surface area contributed by atoms with Crippen molar-refractivity contribution in [2.24, 2.45) is 53.3 Å². The normalized spacial score (nSPS) is 27.6. The molecule has 68 heavy (non-hydrogen) atoms. The van der Waals surface area contributed by atoms with E-state index in [0.717, 1.165) is 51.9 Å². The van der Waals surface area contributed by atoms with Crippen molar-refractivity contribution >= 4 is 27.1 Å². The first-order valence-corrected chi connectivity index (χ1v) is 30.4. The largest absolute Gasteiger partial charge is 0.426 e. The number of halogens is 12. The van der Waals surface area contributed by atoms with Gasteiger partial charge in [-0.1, -0.05) is 63.8 Å². The van der Waals surface area contributed by atoms with E-state index in [2.05, 4.69) is 39.3 Å². The maximum absolute atomic E-state index is 12.5. The molecule has 6 bridgehead atoms. The van der Waals surface area contributed by atoms with Crippen LogP contribution in [0.1, 0.15) is 148 Å². The minimum atomic E-state index is -5.67. The molecule has 420 valence electrons. The number of hydrogen-bond acceptors (Lipinski definition) is 6. The Morgan fingerprint density at radius 2 is 0.721 bits per heavy atom. The maximum atomic E-state index is 12.5. The highest BCUT2D eigenvalue weighted by Crippen LogP contribution is 2.56. The second-order valence-electron chi connectivity index (χ2n) is 19.5. The van der Waals surface area contributed by atoms with Gasteiger partial charge < -0.3 is 28.6 Å². The lowest BCUT2D eigenvalue weighted by molar-refractivity contribution is -0.373. The van der Waals surface area contributed by atoms with Gasteiger partial charge in [0.25, 0.3) is 5.60 Å². The quantitative estimate of drug-likeness (QED) is 0.158. The predicted octanol–water partition coefficient (Wildman–Crippen LogP) is 15.2. The molecule has 0 saturated heterocycles. The lowest BCUT2D eigenvalue weighted by Gasteiger charge is -2.36. The molecule has 11 atom stereocenters. The van der Waals surface area contributed by atoms with E-state index in [4.69, 9.17) is 23.5 Å². The van der Waals surface area contributed by atoms with Gasteiger partial charge in [-0.3, -0.25) is 0 Å². The van der Waals surface area contributed by atoms with Crippen molar-refractivity contribution in [2.45, 2.75) is 229 Å². The summed E-state index contributed by atoms with van der Waals surface area (Å²) in [4.78, 5) is 0. The lowest BCUT2D eigenvalue weighted by Crippen LogP contribution is -2.58. The molecular weight excluding hydrogens is 973 g/mol. The zero-order valence-corrected chi connectivity index (χ0v) is 41.7. The number of alkyl halides is 12. The minimum Gasteiger partial charge on any atom is -0.424 e. The average molecular weight is 1070 g/mol. The Hall–Kier alpha value is -0.429. The molecule has 11 unspecified atom stereocenters. The highest BCUT2D eigenvalue weighted by molar-refractivity contribution is 6.48. The van der Waals surface area contributed by atoms with E-state index in [1.165, 1.54) is 12.8 Å². The second-order valence-corrected chi connectivity index (χ2v) is 27.2. The molecular formula is C47H100F12O6Si3. The Labute approximate surface area is 411 Å². The second kappa shape index (κ2) is 33.4. The monoisotopic (exact) mass is 1070 g/mol. The first-order valence-electron chi connectivity index (χ1n) is 22.1. The van der Waals surface area contributed by atoms with Crippen LogP contribution in [0.5, 0.6) is 0 Å². The van der Waals surface area contributed by atoms with Gasteiger partial charge in [-0.2, -0.15) is 52.7 Å². The molecule has 21 heteroatoms. The summed E-state index contributed by atoms with van der Waals surface area (Å²) in [6.07, 6.45) is -12.7. The van der Waals surface area contributed by atoms with Crippen molar-refractivity contribution in [2.75, 3.05) is 21.3 Å². The van der Waals surface area contributed by atoms with Crippen LogP contribution in [0.3, 0.4) is 0 Å². The fourth-order valence-electron chi connectivity index (χ4n) is 9.74. The lowest BCUT2D eigenvalue weighted by atomic mass is 9.79.